The van der Waals surface area contributed by atoms with Gasteiger partial charge in [0.15, 0.2) is 0 Å². The Kier molecular flexibility index (Phi) is 6.12. The van der Waals surface area contributed by atoms with Crippen LogP contribution < -0.4 is 5.32 Å². The molecule has 0 saturated heterocycles. The van der Waals surface area contributed by atoms with Crippen LogP contribution in [0.2, 0.25) is 5.02 Å². The number of nitrogens with zero attached hydrogens (tertiary/aromatic N) is 1. The van der Waals surface area contributed by atoms with Crippen molar-refractivity contribution in [2.45, 2.75) is 37.0 Å². The van der Waals surface area contributed by atoms with Crippen molar-refractivity contribution in [3.8, 4) is 0 Å². The molecule has 0 atom stereocenters. The molecule has 0 bridgehead atoms. The molecule has 1 aliphatic carbocycles. The molecule has 2 aromatic carbocycles. The van der Waals surface area contributed by atoms with E-state index in [1.54, 1.807) is 13.8 Å². The molecule has 28 heavy (non-hydrogen) atoms. The number of hydrogen-bond acceptors (Lipinski definition) is 3. The summed E-state index contributed by atoms with van der Waals surface area (Å²) in [5.74, 6) is -0.358. The molecule has 7 heteroatoms. The van der Waals surface area contributed by atoms with E-state index in [0.29, 0.717) is 19.6 Å². The average molecular weight is 421 g/mol. The van der Waals surface area contributed by atoms with Gasteiger partial charge in [-0.15, -0.1) is 0 Å². The highest BCUT2D eigenvalue weighted by Gasteiger charge is 2.44. The van der Waals surface area contributed by atoms with Gasteiger partial charge in [-0.3, -0.25) is 4.79 Å². The fourth-order valence-electron chi connectivity index (χ4n) is 3.41. The molecule has 1 saturated carbocycles. The monoisotopic (exact) mass is 420 g/mol. The highest BCUT2D eigenvalue weighted by atomic mass is 35.5. The molecule has 3 rings (SSSR count). The predicted octanol–water partition coefficient (Wildman–Crippen LogP) is 3.83. The van der Waals surface area contributed by atoms with Crippen LogP contribution in [-0.4, -0.2) is 38.3 Å². The van der Waals surface area contributed by atoms with E-state index in [4.69, 9.17) is 11.6 Å². The Morgan fingerprint density at radius 3 is 2.32 bits per heavy atom. The van der Waals surface area contributed by atoms with Crippen molar-refractivity contribution in [1.29, 1.82) is 0 Å². The lowest BCUT2D eigenvalue weighted by Crippen LogP contribution is -2.33. The molecule has 1 fully saturated rings. The lowest BCUT2D eigenvalue weighted by Gasteiger charge is -2.20. The van der Waals surface area contributed by atoms with Crippen LogP contribution in [0.15, 0.2) is 53.4 Å². The second kappa shape index (κ2) is 8.23. The van der Waals surface area contributed by atoms with Crippen LogP contribution in [0.25, 0.3) is 0 Å². The average Bonchev–Trinajstić information content (AvgIpc) is 3.49. The van der Waals surface area contributed by atoms with Crippen molar-refractivity contribution in [3.05, 3.63) is 64.7 Å². The molecule has 5 nitrogen and oxygen atoms in total. The summed E-state index contributed by atoms with van der Waals surface area (Å²) in [5, 5.41) is 3.18. The maximum absolute atomic E-state index is 12.8. The molecule has 0 unspecified atom stereocenters. The smallest absolute Gasteiger partial charge is 0.252 e. The van der Waals surface area contributed by atoms with E-state index in [1.807, 2.05) is 18.2 Å². The molecule has 0 spiro atoms. The third kappa shape index (κ3) is 4.09. The Morgan fingerprint density at radius 2 is 1.75 bits per heavy atom. The number of carbonyl (C=O) groups is 1. The summed E-state index contributed by atoms with van der Waals surface area (Å²) in [6.07, 6.45) is 2.03. The van der Waals surface area contributed by atoms with Crippen LogP contribution in [0.5, 0.6) is 0 Å². The quantitative estimate of drug-likeness (QED) is 0.705. The van der Waals surface area contributed by atoms with Crippen LogP contribution in [0, 0.1) is 0 Å². The Bertz CT molecular complexity index is 953. The lowest BCUT2D eigenvalue weighted by atomic mass is 9.96. The van der Waals surface area contributed by atoms with Gasteiger partial charge in [0.1, 0.15) is 0 Å². The number of amides is 1. The molecule has 150 valence electrons. The van der Waals surface area contributed by atoms with Crippen molar-refractivity contribution < 1.29 is 13.2 Å². The number of rotatable bonds is 8. The fraction of sp³-hybridized carbons (Fsp3) is 0.381. The number of hydrogen-bond donors (Lipinski definition) is 1. The first kappa shape index (κ1) is 20.8. The first-order chi connectivity index (χ1) is 13.3. The van der Waals surface area contributed by atoms with Crippen molar-refractivity contribution in [3.63, 3.8) is 0 Å². The van der Waals surface area contributed by atoms with E-state index in [-0.39, 0.29) is 26.8 Å². The van der Waals surface area contributed by atoms with Crippen LogP contribution in [-0.2, 0) is 15.4 Å². The van der Waals surface area contributed by atoms with E-state index in [0.717, 1.165) is 12.8 Å². The Balaban J connectivity index is 1.79. The SMILES string of the molecule is CCN(CC)S(=O)(=O)c1ccc(Cl)c(C(=O)NCC2(c3ccccc3)CC2)c1. The van der Waals surface area contributed by atoms with Gasteiger partial charge >= 0.3 is 0 Å². The number of benzene rings is 2. The summed E-state index contributed by atoms with van der Waals surface area (Å²) in [7, 11) is -3.65. The van der Waals surface area contributed by atoms with Crippen LogP contribution >= 0.6 is 11.6 Å². The molecule has 1 amide bonds. The van der Waals surface area contributed by atoms with Crippen molar-refractivity contribution in [1.82, 2.24) is 9.62 Å². The van der Waals surface area contributed by atoms with Gasteiger partial charge in [-0.05, 0) is 36.6 Å². The Morgan fingerprint density at radius 1 is 1.11 bits per heavy atom. The van der Waals surface area contributed by atoms with Gasteiger partial charge in [-0.1, -0.05) is 55.8 Å². The zero-order chi connectivity index (χ0) is 20.4. The second-order valence-corrected chi connectivity index (χ2v) is 9.41. The normalized spacial score (nSPS) is 15.4. The van der Waals surface area contributed by atoms with Gasteiger partial charge in [-0.2, -0.15) is 4.31 Å². The number of carbonyl (C=O) groups excluding carboxylic acids is 1. The van der Waals surface area contributed by atoms with Crippen LogP contribution in [0.3, 0.4) is 0 Å². The first-order valence-corrected chi connectivity index (χ1v) is 11.3. The van der Waals surface area contributed by atoms with E-state index in [1.165, 1.54) is 28.1 Å². The van der Waals surface area contributed by atoms with Gasteiger partial charge < -0.3 is 5.32 Å². The van der Waals surface area contributed by atoms with Gasteiger partial charge in [-0.25, -0.2) is 8.42 Å². The van der Waals surface area contributed by atoms with E-state index < -0.39 is 10.0 Å². The summed E-state index contributed by atoms with van der Waals surface area (Å²) in [4.78, 5) is 12.8. The molecular formula is C21H25ClN2O3S. The maximum Gasteiger partial charge on any atom is 0.252 e. The van der Waals surface area contributed by atoms with E-state index >= 15 is 0 Å². The molecule has 0 radical (unpaired) electrons. The molecule has 2 aromatic rings. The van der Waals surface area contributed by atoms with E-state index in [2.05, 4.69) is 17.4 Å². The topological polar surface area (TPSA) is 66.5 Å². The van der Waals surface area contributed by atoms with Crippen LogP contribution in [0.1, 0.15) is 42.6 Å². The van der Waals surface area contributed by atoms with Crippen molar-refractivity contribution in [2.75, 3.05) is 19.6 Å². The number of sulfonamides is 1. The summed E-state index contributed by atoms with van der Waals surface area (Å²) in [6, 6.07) is 14.4. The molecule has 1 aliphatic rings. The molecular weight excluding hydrogens is 396 g/mol. The summed E-state index contributed by atoms with van der Waals surface area (Å²) >= 11 is 6.20. The zero-order valence-corrected chi connectivity index (χ0v) is 17.7. The minimum Gasteiger partial charge on any atom is -0.351 e. The standard InChI is InChI=1S/C21H25ClN2O3S/c1-3-24(4-2)28(26,27)17-10-11-19(22)18(14-17)20(25)23-15-21(12-13-21)16-8-6-5-7-9-16/h5-11,14H,3-4,12-13,15H2,1-2H3,(H,23,25). The number of nitrogens with one attached hydrogen (secondary N) is 1. The maximum atomic E-state index is 12.8. The minimum absolute atomic E-state index is 0.0334. The molecule has 0 heterocycles. The second-order valence-electron chi connectivity index (χ2n) is 7.06. The lowest BCUT2D eigenvalue weighted by molar-refractivity contribution is 0.0949. The largest absolute Gasteiger partial charge is 0.351 e. The minimum atomic E-state index is -3.65. The molecule has 0 aliphatic heterocycles. The molecule has 1 N–H and O–H groups in total. The highest BCUT2D eigenvalue weighted by Crippen LogP contribution is 2.47. The summed E-state index contributed by atoms with van der Waals surface area (Å²) in [5.41, 5.74) is 1.35. The van der Waals surface area contributed by atoms with Crippen molar-refractivity contribution >= 4 is 27.5 Å². The Hall–Kier alpha value is -1.89. The fourth-order valence-corrected chi connectivity index (χ4v) is 5.09. The van der Waals surface area contributed by atoms with Gasteiger partial charge in [0.05, 0.1) is 15.5 Å². The first-order valence-electron chi connectivity index (χ1n) is 9.47. The predicted molar refractivity (Wildman–Crippen MR) is 111 cm³/mol. The third-order valence-electron chi connectivity index (χ3n) is 5.35. The van der Waals surface area contributed by atoms with Gasteiger partial charge in [0, 0.05) is 25.0 Å². The summed E-state index contributed by atoms with van der Waals surface area (Å²) < 4.78 is 26.8. The van der Waals surface area contributed by atoms with Crippen LogP contribution in [0.4, 0.5) is 0 Å². The van der Waals surface area contributed by atoms with E-state index in [9.17, 15) is 13.2 Å². The number of halogens is 1. The van der Waals surface area contributed by atoms with Crippen molar-refractivity contribution in [2.24, 2.45) is 0 Å². The van der Waals surface area contributed by atoms with Gasteiger partial charge in [0.2, 0.25) is 10.0 Å². The third-order valence-corrected chi connectivity index (χ3v) is 7.73. The Labute approximate surface area is 171 Å². The summed E-state index contributed by atoms with van der Waals surface area (Å²) in [6.45, 7) is 4.79. The van der Waals surface area contributed by atoms with Gasteiger partial charge in [0.25, 0.3) is 5.91 Å². The zero-order valence-electron chi connectivity index (χ0n) is 16.1. The highest BCUT2D eigenvalue weighted by molar-refractivity contribution is 7.89. The molecule has 0 aromatic heterocycles.